The first-order valence-electron chi connectivity index (χ1n) is 7.02. The molecule has 1 fully saturated rings. The van der Waals surface area contributed by atoms with Gasteiger partial charge in [-0.15, -0.1) is 0 Å². The van der Waals surface area contributed by atoms with Crippen LogP contribution >= 0.6 is 0 Å². The second-order valence-corrected chi connectivity index (χ2v) is 5.44. The van der Waals surface area contributed by atoms with E-state index in [-0.39, 0.29) is 0 Å². The molecule has 18 heavy (non-hydrogen) atoms. The van der Waals surface area contributed by atoms with Crippen molar-refractivity contribution in [2.45, 2.75) is 45.8 Å². The van der Waals surface area contributed by atoms with Crippen LogP contribution in [0.25, 0.3) is 0 Å². The lowest BCUT2D eigenvalue weighted by Crippen LogP contribution is -2.33. The molecule has 2 nitrogen and oxygen atoms in total. The summed E-state index contributed by atoms with van der Waals surface area (Å²) in [5.74, 6) is 0.739. The van der Waals surface area contributed by atoms with E-state index >= 15 is 0 Å². The fourth-order valence-electron chi connectivity index (χ4n) is 2.83. The van der Waals surface area contributed by atoms with E-state index in [1.165, 1.54) is 29.5 Å². The first-order valence-corrected chi connectivity index (χ1v) is 7.02. The van der Waals surface area contributed by atoms with Crippen LogP contribution in [0.4, 0.5) is 0 Å². The quantitative estimate of drug-likeness (QED) is 0.832. The van der Waals surface area contributed by atoms with Gasteiger partial charge in [-0.3, -0.25) is 0 Å². The minimum Gasteiger partial charge on any atom is -0.376 e. The normalized spacial score (nSPS) is 18.7. The lowest BCUT2D eigenvalue weighted by Gasteiger charge is -2.27. The van der Waals surface area contributed by atoms with Crippen molar-refractivity contribution in [1.82, 2.24) is 5.32 Å². The zero-order valence-corrected chi connectivity index (χ0v) is 12.0. The second kappa shape index (κ2) is 5.85. The van der Waals surface area contributed by atoms with Crippen LogP contribution in [0.5, 0.6) is 0 Å². The molecule has 0 heterocycles. The van der Waals surface area contributed by atoms with Gasteiger partial charge in [-0.1, -0.05) is 29.3 Å². The van der Waals surface area contributed by atoms with E-state index in [0.29, 0.717) is 12.1 Å². The highest BCUT2D eigenvalue weighted by Gasteiger charge is 2.37. The fourth-order valence-corrected chi connectivity index (χ4v) is 2.83. The maximum atomic E-state index is 5.99. The summed E-state index contributed by atoms with van der Waals surface area (Å²) >= 11 is 0. The molecule has 0 amide bonds. The number of aryl methyl sites for hydroxylation is 2. The van der Waals surface area contributed by atoms with Crippen LogP contribution < -0.4 is 5.32 Å². The Balaban J connectivity index is 2.24. The molecule has 0 aromatic heterocycles. The van der Waals surface area contributed by atoms with Crippen LogP contribution in [0, 0.1) is 19.8 Å². The van der Waals surface area contributed by atoms with Gasteiger partial charge in [-0.2, -0.15) is 0 Å². The Labute approximate surface area is 111 Å². The summed E-state index contributed by atoms with van der Waals surface area (Å²) in [5.41, 5.74) is 4.02. The Morgan fingerprint density at radius 1 is 1.22 bits per heavy atom. The lowest BCUT2D eigenvalue weighted by atomic mass is 9.95. The smallest absolute Gasteiger partial charge is 0.0797 e. The van der Waals surface area contributed by atoms with Crippen LogP contribution in [0.1, 0.15) is 42.5 Å². The van der Waals surface area contributed by atoms with E-state index in [9.17, 15) is 0 Å². The summed E-state index contributed by atoms with van der Waals surface area (Å²) in [6, 6.07) is 7.10. The first kappa shape index (κ1) is 13.6. The zero-order chi connectivity index (χ0) is 13.1. The van der Waals surface area contributed by atoms with Crippen molar-refractivity contribution in [3.63, 3.8) is 0 Å². The van der Waals surface area contributed by atoms with E-state index in [1.807, 2.05) is 7.05 Å². The molecular formula is C16H25NO. The van der Waals surface area contributed by atoms with Crippen molar-refractivity contribution in [3.8, 4) is 0 Å². The zero-order valence-electron chi connectivity index (χ0n) is 12.0. The molecule has 2 heteroatoms. The molecule has 0 radical (unpaired) electrons. The van der Waals surface area contributed by atoms with Crippen LogP contribution in [0.2, 0.25) is 0 Å². The van der Waals surface area contributed by atoms with Gasteiger partial charge in [0.1, 0.15) is 0 Å². The maximum Gasteiger partial charge on any atom is 0.0797 e. The molecule has 1 aliphatic carbocycles. The Morgan fingerprint density at radius 2 is 1.83 bits per heavy atom. The van der Waals surface area contributed by atoms with Crippen LogP contribution in [0.3, 0.4) is 0 Å². The molecular weight excluding hydrogens is 222 g/mol. The van der Waals surface area contributed by atoms with Gasteiger partial charge in [0.05, 0.1) is 12.1 Å². The summed E-state index contributed by atoms with van der Waals surface area (Å²) in [6.45, 7) is 7.21. The molecule has 2 atom stereocenters. The molecule has 1 saturated carbocycles. The number of benzene rings is 1. The third kappa shape index (κ3) is 3.12. The molecule has 1 aliphatic rings. The van der Waals surface area contributed by atoms with Crippen molar-refractivity contribution in [2.75, 3.05) is 13.7 Å². The Morgan fingerprint density at radius 3 is 2.28 bits per heavy atom. The third-order valence-electron chi connectivity index (χ3n) is 3.69. The van der Waals surface area contributed by atoms with Gasteiger partial charge in [-0.25, -0.2) is 0 Å². The van der Waals surface area contributed by atoms with Gasteiger partial charge in [0.15, 0.2) is 0 Å². The molecule has 2 rings (SSSR count). The summed E-state index contributed by atoms with van der Waals surface area (Å²) in [6.07, 6.45) is 2.95. The predicted octanol–water partition coefficient (Wildman–Crippen LogP) is 3.38. The predicted molar refractivity (Wildman–Crippen MR) is 75.9 cm³/mol. The number of hydrogen-bond acceptors (Lipinski definition) is 2. The van der Waals surface area contributed by atoms with E-state index in [1.54, 1.807) is 0 Å². The Hall–Kier alpha value is -0.860. The van der Waals surface area contributed by atoms with Gasteiger partial charge < -0.3 is 10.1 Å². The topological polar surface area (TPSA) is 21.3 Å². The third-order valence-corrected chi connectivity index (χ3v) is 3.69. The largest absolute Gasteiger partial charge is 0.376 e. The van der Waals surface area contributed by atoms with E-state index < -0.39 is 0 Å². The molecule has 1 N–H and O–H groups in total. The Kier molecular flexibility index (Phi) is 4.41. The van der Waals surface area contributed by atoms with E-state index in [0.717, 1.165) is 12.5 Å². The summed E-state index contributed by atoms with van der Waals surface area (Å²) in [4.78, 5) is 0. The van der Waals surface area contributed by atoms with Gasteiger partial charge in [0.2, 0.25) is 0 Å². The van der Waals surface area contributed by atoms with Gasteiger partial charge in [0.25, 0.3) is 0 Å². The number of ether oxygens (including phenoxy) is 1. The standard InChI is InChI=1S/C16H25NO/c1-5-18-16(13-6-7-13)15(17-4)14-9-11(2)8-12(3)10-14/h8-10,13,15-17H,5-7H2,1-4H3. The highest BCUT2D eigenvalue weighted by atomic mass is 16.5. The minimum atomic E-state index is 0.316. The van der Waals surface area contributed by atoms with Crippen LogP contribution in [-0.4, -0.2) is 19.8 Å². The van der Waals surface area contributed by atoms with E-state index in [4.69, 9.17) is 4.74 Å². The van der Waals surface area contributed by atoms with Crippen LogP contribution in [0.15, 0.2) is 18.2 Å². The fraction of sp³-hybridized carbons (Fsp3) is 0.625. The average molecular weight is 247 g/mol. The second-order valence-electron chi connectivity index (χ2n) is 5.44. The highest BCUT2D eigenvalue weighted by molar-refractivity contribution is 5.31. The summed E-state index contributed by atoms with van der Waals surface area (Å²) in [5, 5.41) is 3.45. The van der Waals surface area contributed by atoms with Crippen molar-refractivity contribution >= 4 is 0 Å². The Bertz CT molecular complexity index is 378. The van der Waals surface area contributed by atoms with Crippen LogP contribution in [-0.2, 0) is 4.74 Å². The van der Waals surface area contributed by atoms with Crippen molar-refractivity contribution in [3.05, 3.63) is 34.9 Å². The highest BCUT2D eigenvalue weighted by Crippen LogP contribution is 2.40. The van der Waals surface area contributed by atoms with Crippen molar-refractivity contribution in [1.29, 1.82) is 0 Å². The molecule has 100 valence electrons. The molecule has 0 saturated heterocycles. The minimum absolute atomic E-state index is 0.316. The van der Waals surface area contributed by atoms with Crippen molar-refractivity contribution in [2.24, 2.45) is 5.92 Å². The first-order chi connectivity index (χ1) is 8.65. The van der Waals surface area contributed by atoms with Gasteiger partial charge >= 0.3 is 0 Å². The summed E-state index contributed by atoms with van der Waals surface area (Å²) in [7, 11) is 2.04. The van der Waals surface area contributed by atoms with Gasteiger partial charge in [-0.05, 0) is 52.1 Å². The average Bonchev–Trinajstić information content (AvgIpc) is 3.11. The number of nitrogens with one attached hydrogen (secondary N) is 1. The number of likely N-dealkylation sites (N-methyl/N-ethyl adjacent to an activating group) is 1. The molecule has 2 unspecified atom stereocenters. The molecule has 1 aromatic rings. The SMILES string of the molecule is CCOC(C1CC1)C(NC)c1cc(C)cc(C)c1. The van der Waals surface area contributed by atoms with E-state index in [2.05, 4.69) is 44.3 Å². The molecule has 0 aliphatic heterocycles. The van der Waals surface area contributed by atoms with Crippen molar-refractivity contribution < 1.29 is 4.74 Å². The number of hydrogen-bond donors (Lipinski definition) is 1. The lowest BCUT2D eigenvalue weighted by molar-refractivity contribution is 0.0204. The summed E-state index contributed by atoms with van der Waals surface area (Å²) < 4.78 is 5.99. The maximum absolute atomic E-state index is 5.99. The molecule has 1 aromatic carbocycles. The molecule has 0 spiro atoms. The van der Waals surface area contributed by atoms with Gasteiger partial charge in [0, 0.05) is 6.61 Å². The monoisotopic (exact) mass is 247 g/mol. The number of rotatable bonds is 6. The molecule has 0 bridgehead atoms.